The first-order valence-electron chi connectivity index (χ1n) is 6.41. The molecule has 0 saturated heterocycles. The first-order valence-corrected chi connectivity index (χ1v) is 8.65. The summed E-state index contributed by atoms with van der Waals surface area (Å²) < 4.78 is 27.7. The Hall–Kier alpha value is -1.23. The van der Waals surface area contributed by atoms with E-state index in [2.05, 4.69) is 4.72 Å². The normalized spacial score (nSPS) is 11.4. The zero-order chi connectivity index (χ0) is 15.6. The molecule has 0 aromatic heterocycles. The topological polar surface area (TPSA) is 46.2 Å². The summed E-state index contributed by atoms with van der Waals surface area (Å²) in [4.78, 5) is -0.0260. The molecule has 112 valence electrons. The van der Waals surface area contributed by atoms with Gasteiger partial charge >= 0.3 is 0 Å². The fourth-order valence-electron chi connectivity index (χ4n) is 2.04. The molecule has 0 atom stereocenters. The van der Waals surface area contributed by atoms with Gasteiger partial charge in [-0.25, -0.2) is 8.42 Å². The Morgan fingerprint density at radius 2 is 1.86 bits per heavy atom. The average Bonchev–Trinajstić information content (AvgIpc) is 2.43. The van der Waals surface area contributed by atoms with E-state index in [-0.39, 0.29) is 9.92 Å². The molecule has 3 nitrogen and oxygen atoms in total. The van der Waals surface area contributed by atoms with Crippen molar-refractivity contribution < 1.29 is 8.42 Å². The van der Waals surface area contributed by atoms with Gasteiger partial charge in [0.05, 0.1) is 10.7 Å². The van der Waals surface area contributed by atoms with Gasteiger partial charge in [0, 0.05) is 5.02 Å². The molecule has 0 saturated carbocycles. The predicted octanol–water partition coefficient (Wildman–Crippen LogP) is 4.67. The molecule has 6 heteroatoms. The van der Waals surface area contributed by atoms with E-state index in [0.717, 1.165) is 17.5 Å². The minimum absolute atomic E-state index is 0.0260. The zero-order valence-electron chi connectivity index (χ0n) is 11.7. The lowest BCUT2D eigenvalue weighted by Gasteiger charge is -2.15. The van der Waals surface area contributed by atoms with Gasteiger partial charge in [0.15, 0.2) is 0 Å². The van der Waals surface area contributed by atoms with Gasteiger partial charge in [0.1, 0.15) is 4.90 Å². The highest BCUT2D eigenvalue weighted by molar-refractivity contribution is 7.92. The number of para-hydroxylation sites is 1. The standard InChI is InChI=1S/C15H15Cl2NO2S/c1-3-11-6-4-5-10(2)15(11)18-21(19,20)14-9-12(16)7-8-13(14)17/h4-9,18H,3H2,1-2H3. The Morgan fingerprint density at radius 1 is 1.14 bits per heavy atom. The van der Waals surface area contributed by atoms with Gasteiger partial charge in [-0.1, -0.05) is 48.3 Å². The highest BCUT2D eigenvalue weighted by atomic mass is 35.5. The second-order valence-corrected chi connectivity index (χ2v) is 7.14. The molecule has 0 aliphatic carbocycles. The van der Waals surface area contributed by atoms with Crippen molar-refractivity contribution in [3.8, 4) is 0 Å². The summed E-state index contributed by atoms with van der Waals surface area (Å²) >= 11 is 11.8. The summed E-state index contributed by atoms with van der Waals surface area (Å²) in [7, 11) is -3.79. The summed E-state index contributed by atoms with van der Waals surface area (Å²) in [6.45, 7) is 3.83. The lowest BCUT2D eigenvalue weighted by atomic mass is 10.1. The lowest BCUT2D eigenvalue weighted by molar-refractivity contribution is 0.601. The fraction of sp³-hybridized carbons (Fsp3) is 0.200. The van der Waals surface area contributed by atoms with Crippen LogP contribution in [0.15, 0.2) is 41.3 Å². The molecule has 0 unspecified atom stereocenters. The molecule has 1 N–H and O–H groups in total. The monoisotopic (exact) mass is 343 g/mol. The number of anilines is 1. The maximum Gasteiger partial charge on any atom is 0.263 e. The van der Waals surface area contributed by atoms with E-state index < -0.39 is 10.0 Å². The Balaban J connectivity index is 2.50. The van der Waals surface area contributed by atoms with Gasteiger partial charge in [0.2, 0.25) is 0 Å². The van der Waals surface area contributed by atoms with E-state index in [1.54, 1.807) is 6.07 Å². The van der Waals surface area contributed by atoms with E-state index in [4.69, 9.17) is 23.2 Å². The number of halogens is 2. The lowest BCUT2D eigenvalue weighted by Crippen LogP contribution is -2.15. The Morgan fingerprint density at radius 3 is 2.52 bits per heavy atom. The zero-order valence-corrected chi connectivity index (χ0v) is 14.0. The van der Waals surface area contributed by atoms with Crippen LogP contribution in [0.3, 0.4) is 0 Å². The van der Waals surface area contributed by atoms with Gasteiger partial charge in [-0.15, -0.1) is 0 Å². The maximum absolute atomic E-state index is 12.5. The molecule has 2 aromatic rings. The van der Waals surface area contributed by atoms with Crippen molar-refractivity contribution >= 4 is 38.9 Å². The van der Waals surface area contributed by atoms with E-state index in [9.17, 15) is 8.42 Å². The van der Waals surface area contributed by atoms with Gasteiger partial charge < -0.3 is 0 Å². The highest BCUT2D eigenvalue weighted by Crippen LogP contribution is 2.29. The Kier molecular flexibility index (Phi) is 4.81. The minimum atomic E-state index is -3.79. The van der Waals surface area contributed by atoms with Crippen molar-refractivity contribution in [2.45, 2.75) is 25.2 Å². The van der Waals surface area contributed by atoms with Gasteiger partial charge in [-0.05, 0) is 42.7 Å². The number of hydrogen-bond acceptors (Lipinski definition) is 2. The molecular weight excluding hydrogens is 329 g/mol. The number of benzene rings is 2. The van der Waals surface area contributed by atoms with Crippen molar-refractivity contribution in [2.75, 3.05) is 4.72 Å². The first-order chi connectivity index (χ1) is 9.85. The van der Waals surface area contributed by atoms with Crippen LogP contribution in [0.4, 0.5) is 5.69 Å². The minimum Gasteiger partial charge on any atom is -0.279 e. The summed E-state index contributed by atoms with van der Waals surface area (Å²) in [5.74, 6) is 0. The maximum atomic E-state index is 12.5. The summed E-state index contributed by atoms with van der Waals surface area (Å²) in [6, 6.07) is 10.0. The quantitative estimate of drug-likeness (QED) is 0.876. The molecule has 0 heterocycles. The molecule has 0 bridgehead atoms. The number of nitrogens with one attached hydrogen (secondary N) is 1. The number of rotatable bonds is 4. The van der Waals surface area contributed by atoms with E-state index in [1.165, 1.54) is 12.1 Å². The molecule has 0 amide bonds. The number of aryl methyl sites for hydroxylation is 2. The van der Waals surface area contributed by atoms with Crippen LogP contribution in [0, 0.1) is 6.92 Å². The predicted molar refractivity (Wildman–Crippen MR) is 87.8 cm³/mol. The molecule has 0 aliphatic rings. The molecule has 2 rings (SSSR count). The largest absolute Gasteiger partial charge is 0.279 e. The van der Waals surface area contributed by atoms with E-state index >= 15 is 0 Å². The SMILES string of the molecule is CCc1cccc(C)c1NS(=O)(=O)c1cc(Cl)ccc1Cl. The number of sulfonamides is 1. The third-order valence-corrected chi connectivity index (χ3v) is 5.23. The van der Waals surface area contributed by atoms with Crippen LogP contribution in [0.5, 0.6) is 0 Å². The van der Waals surface area contributed by atoms with Crippen LogP contribution >= 0.6 is 23.2 Å². The fourth-order valence-corrected chi connectivity index (χ4v) is 3.98. The summed E-state index contributed by atoms with van der Waals surface area (Å²) in [5, 5.41) is 0.457. The van der Waals surface area contributed by atoms with Crippen molar-refractivity contribution in [1.82, 2.24) is 0 Å². The van der Waals surface area contributed by atoms with Crippen LogP contribution in [0.25, 0.3) is 0 Å². The molecule has 0 aliphatic heterocycles. The molecule has 0 fully saturated rings. The second kappa shape index (κ2) is 6.26. The van der Waals surface area contributed by atoms with E-state index in [1.807, 2.05) is 32.0 Å². The van der Waals surface area contributed by atoms with Gasteiger partial charge in [-0.2, -0.15) is 0 Å². The molecule has 21 heavy (non-hydrogen) atoms. The third-order valence-electron chi connectivity index (χ3n) is 3.16. The van der Waals surface area contributed by atoms with Gasteiger partial charge in [0.25, 0.3) is 10.0 Å². The molecule has 2 aromatic carbocycles. The van der Waals surface area contributed by atoms with Crippen LogP contribution in [-0.4, -0.2) is 8.42 Å². The van der Waals surface area contributed by atoms with Crippen molar-refractivity contribution in [2.24, 2.45) is 0 Å². The van der Waals surface area contributed by atoms with Crippen LogP contribution < -0.4 is 4.72 Å². The van der Waals surface area contributed by atoms with Crippen molar-refractivity contribution in [3.05, 3.63) is 57.6 Å². The second-order valence-electron chi connectivity index (χ2n) is 4.64. The number of hydrogen-bond donors (Lipinski definition) is 1. The summed E-state index contributed by atoms with van der Waals surface area (Å²) in [6.07, 6.45) is 0.725. The Bertz CT molecular complexity index is 773. The van der Waals surface area contributed by atoms with Crippen LogP contribution in [0.1, 0.15) is 18.1 Å². The summed E-state index contributed by atoms with van der Waals surface area (Å²) in [5.41, 5.74) is 2.38. The molecular formula is C15H15Cl2NO2S. The smallest absolute Gasteiger partial charge is 0.263 e. The highest BCUT2D eigenvalue weighted by Gasteiger charge is 2.20. The third kappa shape index (κ3) is 3.51. The van der Waals surface area contributed by atoms with Crippen LogP contribution in [-0.2, 0) is 16.4 Å². The van der Waals surface area contributed by atoms with Gasteiger partial charge in [-0.3, -0.25) is 4.72 Å². The van der Waals surface area contributed by atoms with Crippen molar-refractivity contribution in [3.63, 3.8) is 0 Å². The van der Waals surface area contributed by atoms with E-state index in [0.29, 0.717) is 10.7 Å². The van der Waals surface area contributed by atoms with Crippen LogP contribution in [0.2, 0.25) is 10.0 Å². The average molecular weight is 344 g/mol. The first kappa shape index (κ1) is 16.1. The Labute approximate surface area is 135 Å². The molecule has 0 spiro atoms. The van der Waals surface area contributed by atoms with Crippen molar-refractivity contribution in [1.29, 1.82) is 0 Å². The molecule has 0 radical (unpaired) electrons.